The molecular formula is C13H12Cl2N2S. The third kappa shape index (κ3) is 2.53. The van der Waals surface area contributed by atoms with Crippen LogP contribution in [-0.2, 0) is 0 Å². The summed E-state index contributed by atoms with van der Waals surface area (Å²) in [6.45, 7) is 0. The fourth-order valence-electron chi connectivity index (χ4n) is 2.41. The lowest BCUT2D eigenvalue weighted by Crippen LogP contribution is -1.99. The zero-order valence-electron chi connectivity index (χ0n) is 9.70. The van der Waals surface area contributed by atoms with Crippen LogP contribution in [0.3, 0.4) is 0 Å². The molecule has 2 aromatic rings. The summed E-state index contributed by atoms with van der Waals surface area (Å²) in [5, 5.41) is 0.520. The van der Waals surface area contributed by atoms with Crippen molar-refractivity contribution in [2.75, 3.05) is 0 Å². The van der Waals surface area contributed by atoms with E-state index >= 15 is 0 Å². The molecule has 0 unspecified atom stereocenters. The van der Waals surface area contributed by atoms with Crippen LogP contribution >= 0.6 is 34.5 Å². The molecule has 0 aliphatic heterocycles. The molecule has 94 valence electrons. The SMILES string of the molecule is Clc1cc(C2CCCC2)nc(-c2ccc(Cl)s2)n1. The van der Waals surface area contributed by atoms with Crippen LogP contribution in [0.25, 0.3) is 10.7 Å². The Morgan fingerprint density at radius 3 is 2.56 bits per heavy atom. The summed E-state index contributed by atoms with van der Waals surface area (Å²) in [5.74, 6) is 1.24. The van der Waals surface area contributed by atoms with Gasteiger partial charge in [0, 0.05) is 11.6 Å². The van der Waals surface area contributed by atoms with Crippen LogP contribution in [0.5, 0.6) is 0 Å². The molecule has 0 bridgehead atoms. The Hall–Kier alpha value is -0.640. The summed E-state index contributed by atoms with van der Waals surface area (Å²) in [6.07, 6.45) is 4.98. The molecule has 2 aromatic heterocycles. The van der Waals surface area contributed by atoms with E-state index in [4.69, 9.17) is 23.2 Å². The van der Waals surface area contributed by atoms with E-state index in [1.807, 2.05) is 18.2 Å². The van der Waals surface area contributed by atoms with Gasteiger partial charge in [-0.1, -0.05) is 36.0 Å². The molecule has 2 nitrogen and oxygen atoms in total. The first-order chi connectivity index (χ1) is 8.72. The van der Waals surface area contributed by atoms with Crippen molar-refractivity contribution in [3.63, 3.8) is 0 Å². The van der Waals surface area contributed by atoms with Gasteiger partial charge in [0.1, 0.15) is 5.15 Å². The highest BCUT2D eigenvalue weighted by atomic mass is 35.5. The van der Waals surface area contributed by atoms with E-state index in [-0.39, 0.29) is 0 Å². The van der Waals surface area contributed by atoms with E-state index in [1.54, 1.807) is 0 Å². The van der Waals surface area contributed by atoms with Gasteiger partial charge in [-0.05, 0) is 31.0 Å². The first-order valence-corrected chi connectivity index (χ1v) is 7.60. The van der Waals surface area contributed by atoms with Gasteiger partial charge in [-0.2, -0.15) is 0 Å². The topological polar surface area (TPSA) is 25.8 Å². The lowest BCUT2D eigenvalue weighted by molar-refractivity contribution is 0.695. The molecule has 0 N–H and O–H groups in total. The van der Waals surface area contributed by atoms with Crippen molar-refractivity contribution in [3.05, 3.63) is 33.4 Å². The molecule has 0 atom stereocenters. The minimum atomic E-state index is 0.520. The van der Waals surface area contributed by atoms with Crippen molar-refractivity contribution in [1.29, 1.82) is 0 Å². The molecule has 0 amide bonds. The average molecular weight is 299 g/mol. The molecule has 0 saturated heterocycles. The quantitative estimate of drug-likeness (QED) is 0.715. The predicted octanol–water partition coefficient (Wildman–Crippen LogP) is 5.17. The van der Waals surface area contributed by atoms with E-state index < -0.39 is 0 Å². The largest absolute Gasteiger partial charge is 0.232 e. The summed E-state index contributed by atoms with van der Waals surface area (Å²) >= 11 is 13.5. The number of nitrogens with zero attached hydrogens (tertiary/aromatic N) is 2. The van der Waals surface area contributed by atoms with Crippen molar-refractivity contribution < 1.29 is 0 Å². The third-order valence-electron chi connectivity index (χ3n) is 3.28. The van der Waals surface area contributed by atoms with Crippen molar-refractivity contribution in [2.24, 2.45) is 0 Å². The zero-order chi connectivity index (χ0) is 12.5. The first-order valence-electron chi connectivity index (χ1n) is 6.02. The van der Waals surface area contributed by atoms with E-state index in [1.165, 1.54) is 37.0 Å². The van der Waals surface area contributed by atoms with Crippen molar-refractivity contribution >= 4 is 34.5 Å². The number of thiophene rings is 1. The summed E-state index contributed by atoms with van der Waals surface area (Å²) in [5.41, 5.74) is 1.08. The van der Waals surface area contributed by atoms with Gasteiger partial charge in [-0.25, -0.2) is 9.97 Å². The van der Waals surface area contributed by atoms with Gasteiger partial charge in [0.25, 0.3) is 0 Å². The molecule has 0 aromatic carbocycles. The zero-order valence-corrected chi connectivity index (χ0v) is 12.0. The highest BCUT2D eigenvalue weighted by molar-refractivity contribution is 7.19. The van der Waals surface area contributed by atoms with Crippen LogP contribution in [0.1, 0.15) is 37.3 Å². The van der Waals surface area contributed by atoms with Crippen LogP contribution in [0, 0.1) is 0 Å². The van der Waals surface area contributed by atoms with Crippen molar-refractivity contribution in [3.8, 4) is 10.7 Å². The molecular weight excluding hydrogens is 287 g/mol. The van der Waals surface area contributed by atoms with Crippen LogP contribution in [0.4, 0.5) is 0 Å². The molecule has 18 heavy (non-hydrogen) atoms. The molecule has 2 heterocycles. The normalized spacial score (nSPS) is 16.3. The molecule has 1 fully saturated rings. The summed E-state index contributed by atoms with van der Waals surface area (Å²) < 4.78 is 0.746. The summed E-state index contributed by atoms with van der Waals surface area (Å²) in [4.78, 5) is 9.92. The molecule has 1 saturated carbocycles. The molecule has 0 spiro atoms. The molecule has 5 heteroatoms. The summed E-state index contributed by atoms with van der Waals surface area (Å²) in [7, 11) is 0. The van der Waals surface area contributed by atoms with Crippen LogP contribution in [-0.4, -0.2) is 9.97 Å². The Labute approximate surface area is 120 Å². The number of halogens is 2. The first kappa shape index (κ1) is 12.4. The second kappa shape index (κ2) is 5.16. The van der Waals surface area contributed by atoms with Gasteiger partial charge in [0.05, 0.1) is 9.21 Å². The minimum Gasteiger partial charge on any atom is -0.232 e. The molecule has 0 radical (unpaired) electrons. The van der Waals surface area contributed by atoms with E-state index in [0.29, 0.717) is 16.9 Å². The number of hydrogen-bond donors (Lipinski definition) is 0. The number of hydrogen-bond acceptors (Lipinski definition) is 3. The van der Waals surface area contributed by atoms with Gasteiger partial charge in [-0.15, -0.1) is 11.3 Å². The van der Waals surface area contributed by atoms with Crippen LogP contribution < -0.4 is 0 Å². The van der Waals surface area contributed by atoms with E-state index in [0.717, 1.165) is 14.9 Å². The standard InChI is InChI=1S/C13H12Cl2N2S/c14-11-7-9(8-3-1-2-4-8)16-13(17-11)10-5-6-12(15)18-10/h5-8H,1-4H2. The average Bonchev–Trinajstić information content (AvgIpc) is 2.98. The monoisotopic (exact) mass is 298 g/mol. The van der Waals surface area contributed by atoms with Gasteiger partial charge in [-0.3, -0.25) is 0 Å². The predicted molar refractivity (Wildman–Crippen MR) is 76.6 cm³/mol. The second-order valence-electron chi connectivity index (χ2n) is 4.52. The Kier molecular flexibility index (Phi) is 3.55. The maximum absolute atomic E-state index is 6.11. The maximum Gasteiger partial charge on any atom is 0.171 e. The fraction of sp³-hybridized carbons (Fsp3) is 0.385. The smallest absolute Gasteiger partial charge is 0.171 e. The van der Waals surface area contributed by atoms with Gasteiger partial charge in [0.2, 0.25) is 0 Å². The fourth-order valence-corrected chi connectivity index (χ4v) is 3.58. The van der Waals surface area contributed by atoms with Crippen LogP contribution in [0.2, 0.25) is 9.49 Å². The lowest BCUT2D eigenvalue weighted by atomic mass is 10.0. The lowest BCUT2D eigenvalue weighted by Gasteiger charge is -2.09. The Balaban J connectivity index is 1.99. The molecule has 3 rings (SSSR count). The maximum atomic E-state index is 6.11. The van der Waals surface area contributed by atoms with Gasteiger partial charge in [0.15, 0.2) is 5.82 Å². The Morgan fingerprint density at radius 2 is 1.89 bits per heavy atom. The number of aromatic nitrogens is 2. The van der Waals surface area contributed by atoms with E-state index in [9.17, 15) is 0 Å². The van der Waals surface area contributed by atoms with Crippen molar-refractivity contribution in [2.45, 2.75) is 31.6 Å². The van der Waals surface area contributed by atoms with Crippen LogP contribution in [0.15, 0.2) is 18.2 Å². The second-order valence-corrected chi connectivity index (χ2v) is 6.63. The third-order valence-corrected chi connectivity index (χ3v) is 4.70. The minimum absolute atomic E-state index is 0.520. The van der Waals surface area contributed by atoms with E-state index in [2.05, 4.69) is 9.97 Å². The summed E-state index contributed by atoms with van der Waals surface area (Å²) in [6, 6.07) is 5.70. The number of rotatable bonds is 2. The molecule has 1 aliphatic rings. The van der Waals surface area contributed by atoms with Gasteiger partial charge >= 0.3 is 0 Å². The highest BCUT2D eigenvalue weighted by Gasteiger charge is 2.20. The molecule has 1 aliphatic carbocycles. The highest BCUT2D eigenvalue weighted by Crippen LogP contribution is 2.35. The van der Waals surface area contributed by atoms with Gasteiger partial charge < -0.3 is 0 Å². The Morgan fingerprint density at radius 1 is 1.11 bits per heavy atom. The Bertz CT molecular complexity index is 562. The van der Waals surface area contributed by atoms with Crippen molar-refractivity contribution in [1.82, 2.24) is 9.97 Å².